The lowest BCUT2D eigenvalue weighted by Crippen LogP contribution is -2.38. The topological polar surface area (TPSA) is 55.2 Å². The summed E-state index contributed by atoms with van der Waals surface area (Å²) in [7, 11) is 1.70. The summed E-state index contributed by atoms with van der Waals surface area (Å²) >= 11 is 9.56. The highest BCUT2D eigenvalue weighted by Crippen LogP contribution is 2.24. The van der Waals surface area contributed by atoms with Gasteiger partial charge in [0, 0.05) is 28.7 Å². The maximum Gasteiger partial charge on any atom is 0.261 e. The van der Waals surface area contributed by atoms with Crippen LogP contribution in [0.2, 0.25) is 5.02 Å². The molecule has 158 valence electrons. The maximum atomic E-state index is 13.4. The molecule has 1 atom stereocenters. The molecule has 1 unspecified atom stereocenters. The molecule has 1 heterocycles. The van der Waals surface area contributed by atoms with Crippen molar-refractivity contribution in [1.82, 2.24) is 14.5 Å². The summed E-state index contributed by atoms with van der Waals surface area (Å²) in [4.78, 5) is 32.8. The fourth-order valence-corrected chi connectivity index (χ4v) is 4.13. The van der Waals surface area contributed by atoms with E-state index in [9.17, 15) is 9.59 Å². The zero-order chi connectivity index (χ0) is 21.8. The first-order valence-corrected chi connectivity index (χ1v) is 11.2. The Morgan fingerprint density at radius 1 is 1.23 bits per heavy atom. The van der Waals surface area contributed by atoms with E-state index in [1.54, 1.807) is 36.2 Å². The van der Waals surface area contributed by atoms with E-state index in [0.29, 0.717) is 33.9 Å². The van der Waals surface area contributed by atoms with E-state index >= 15 is 0 Å². The molecule has 0 bridgehead atoms. The highest BCUT2D eigenvalue weighted by molar-refractivity contribution is 9.10. The number of aromatic nitrogens is 2. The Labute approximate surface area is 189 Å². The van der Waals surface area contributed by atoms with E-state index in [4.69, 9.17) is 16.6 Å². The van der Waals surface area contributed by atoms with Crippen LogP contribution in [0.15, 0.2) is 51.7 Å². The van der Waals surface area contributed by atoms with Crippen molar-refractivity contribution >= 4 is 44.3 Å². The van der Waals surface area contributed by atoms with Crippen molar-refractivity contribution < 1.29 is 4.79 Å². The van der Waals surface area contributed by atoms with Crippen LogP contribution in [0.5, 0.6) is 0 Å². The van der Waals surface area contributed by atoms with Crippen LogP contribution in [0.25, 0.3) is 10.9 Å². The third-order valence-electron chi connectivity index (χ3n) is 5.25. The largest absolute Gasteiger partial charge is 0.329 e. The molecule has 1 aromatic heterocycles. The number of unbranched alkanes of at least 4 members (excludes halogenated alkanes) is 2. The molecule has 0 saturated heterocycles. The number of hydrogen-bond donors (Lipinski definition) is 0. The van der Waals surface area contributed by atoms with Crippen LogP contribution >= 0.6 is 27.5 Å². The van der Waals surface area contributed by atoms with Gasteiger partial charge in [0.05, 0.1) is 16.9 Å². The highest BCUT2D eigenvalue weighted by atomic mass is 79.9. The number of nitrogens with zero attached hydrogens (tertiary/aromatic N) is 3. The number of carbonyl (C=O) groups is 1. The number of halogens is 2. The van der Waals surface area contributed by atoms with Crippen molar-refractivity contribution in [3.8, 4) is 0 Å². The van der Waals surface area contributed by atoms with Crippen LogP contribution in [0.4, 0.5) is 0 Å². The predicted molar refractivity (Wildman–Crippen MR) is 125 cm³/mol. The van der Waals surface area contributed by atoms with Gasteiger partial charge >= 0.3 is 0 Å². The Balaban J connectivity index is 2.06. The van der Waals surface area contributed by atoms with E-state index < -0.39 is 0 Å². The minimum absolute atomic E-state index is 0.0830. The minimum Gasteiger partial charge on any atom is -0.329 e. The molecule has 0 aliphatic heterocycles. The molecule has 0 saturated carbocycles. The average Bonchev–Trinajstić information content (AvgIpc) is 2.73. The summed E-state index contributed by atoms with van der Waals surface area (Å²) in [5.41, 5.74) is 0.986. The molecule has 1 amide bonds. The van der Waals surface area contributed by atoms with Gasteiger partial charge in [0.2, 0.25) is 0 Å². The summed E-state index contributed by atoms with van der Waals surface area (Å²) < 4.78 is 2.38. The molecule has 30 heavy (non-hydrogen) atoms. The molecule has 0 spiro atoms. The van der Waals surface area contributed by atoms with E-state index in [0.717, 1.165) is 23.7 Å². The van der Waals surface area contributed by atoms with Crippen LogP contribution in [-0.4, -0.2) is 26.9 Å². The average molecular weight is 491 g/mol. The Kier molecular flexibility index (Phi) is 7.32. The van der Waals surface area contributed by atoms with Gasteiger partial charge in [-0.05, 0) is 49.7 Å². The third-order valence-corrected chi connectivity index (χ3v) is 5.98. The number of hydrogen-bond acceptors (Lipinski definition) is 3. The Morgan fingerprint density at radius 2 is 2.00 bits per heavy atom. The van der Waals surface area contributed by atoms with Gasteiger partial charge in [-0.25, -0.2) is 4.98 Å². The number of amides is 1. The molecular weight excluding hydrogens is 466 g/mol. The van der Waals surface area contributed by atoms with Crippen LogP contribution in [-0.2, 0) is 7.05 Å². The van der Waals surface area contributed by atoms with Gasteiger partial charge in [-0.1, -0.05) is 53.4 Å². The SMILES string of the molecule is CCCCCN(C(=O)c1cccc(Br)c1)C(C)c1nc2cc(Cl)ccc2c(=O)n1C. The molecule has 0 radical (unpaired) electrons. The first-order chi connectivity index (χ1) is 14.3. The fraction of sp³-hybridized carbons (Fsp3) is 0.348. The van der Waals surface area contributed by atoms with Crippen LogP contribution < -0.4 is 5.56 Å². The normalized spacial score (nSPS) is 12.2. The highest BCUT2D eigenvalue weighted by Gasteiger charge is 2.26. The lowest BCUT2D eigenvalue weighted by Gasteiger charge is -2.30. The van der Waals surface area contributed by atoms with Gasteiger partial charge < -0.3 is 4.90 Å². The van der Waals surface area contributed by atoms with Crippen molar-refractivity contribution in [2.24, 2.45) is 7.05 Å². The standard InChI is InChI=1S/C23H25BrClN3O2/c1-4-5-6-12-28(22(29)16-8-7-9-17(24)13-16)15(2)21-26-20-14-18(25)10-11-19(20)23(30)27(21)3/h7-11,13-15H,4-6,12H2,1-3H3. The Hall–Kier alpha value is -2.18. The van der Waals surface area contributed by atoms with Gasteiger partial charge in [-0.2, -0.15) is 0 Å². The maximum absolute atomic E-state index is 13.4. The number of carbonyl (C=O) groups excluding carboxylic acids is 1. The van der Waals surface area contributed by atoms with Crippen molar-refractivity contribution in [3.63, 3.8) is 0 Å². The van der Waals surface area contributed by atoms with Crippen LogP contribution in [0.1, 0.15) is 55.3 Å². The first-order valence-electron chi connectivity index (χ1n) is 10.1. The van der Waals surface area contributed by atoms with Gasteiger partial charge in [-0.3, -0.25) is 14.2 Å². The number of fused-ring (bicyclic) bond motifs is 1. The molecule has 3 rings (SSSR count). The van der Waals surface area contributed by atoms with Gasteiger partial charge in [0.15, 0.2) is 0 Å². The molecule has 0 aliphatic rings. The van der Waals surface area contributed by atoms with Crippen molar-refractivity contribution in [2.45, 2.75) is 39.2 Å². The zero-order valence-corrected chi connectivity index (χ0v) is 19.7. The second-order valence-corrected chi connectivity index (χ2v) is 8.74. The van der Waals surface area contributed by atoms with E-state index in [1.807, 2.05) is 25.1 Å². The number of rotatable bonds is 7. The Bertz CT molecular complexity index is 1130. The third kappa shape index (κ3) is 4.76. The lowest BCUT2D eigenvalue weighted by atomic mass is 10.1. The molecule has 0 aliphatic carbocycles. The van der Waals surface area contributed by atoms with E-state index in [2.05, 4.69) is 22.9 Å². The lowest BCUT2D eigenvalue weighted by molar-refractivity contribution is 0.0676. The van der Waals surface area contributed by atoms with Crippen LogP contribution in [0.3, 0.4) is 0 Å². The van der Waals surface area contributed by atoms with Crippen molar-refractivity contribution in [1.29, 1.82) is 0 Å². The van der Waals surface area contributed by atoms with E-state index in [1.165, 1.54) is 4.57 Å². The second kappa shape index (κ2) is 9.75. The molecule has 2 aromatic carbocycles. The van der Waals surface area contributed by atoms with Gasteiger partial charge in [0.1, 0.15) is 5.82 Å². The number of benzene rings is 2. The summed E-state index contributed by atoms with van der Waals surface area (Å²) in [6, 6.07) is 12.0. The molecule has 0 fully saturated rings. The fourth-order valence-electron chi connectivity index (χ4n) is 3.56. The summed E-state index contributed by atoms with van der Waals surface area (Å²) in [5, 5.41) is 1.03. The Morgan fingerprint density at radius 3 is 2.70 bits per heavy atom. The van der Waals surface area contributed by atoms with Gasteiger partial charge in [0.25, 0.3) is 11.5 Å². The smallest absolute Gasteiger partial charge is 0.261 e. The van der Waals surface area contributed by atoms with E-state index in [-0.39, 0.29) is 17.5 Å². The summed E-state index contributed by atoms with van der Waals surface area (Å²) in [6.07, 6.45) is 2.96. The predicted octanol–water partition coefficient (Wildman–Crippen LogP) is 5.74. The first kappa shape index (κ1) is 22.5. The van der Waals surface area contributed by atoms with Crippen molar-refractivity contribution in [2.75, 3.05) is 6.54 Å². The summed E-state index contributed by atoms with van der Waals surface area (Å²) in [5.74, 6) is 0.454. The van der Waals surface area contributed by atoms with Crippen molar-refractivity contribution in [3.05, 3.63) is 73.7 Å². The minimum atomic E-state index is -0.380. The second-order valence-electron chi connectivity index (χ2n) is 7.39. The molecule has 5 nitrogen and oxygen atoms in total. The monoisotopic (exact) mass is 489 g/mol. The molecular formula is C23H25BrClN3O2. The quantitative estimate of drug-likeness (QED) is 0.397. The molecule has 3 aromatic rings. The zero-order valence-electron chi connectivity index (χ0n) is 17.4. The molecule has 0 N–H and O–H groups in total. The molecule has 7 heteroatoms. The summed E-state index contributed by atoms with van der Waals surface area (Å²) in [6.45, 7) is 4.63. The van der Waals surface area contributed by atoms with Gasteiger partial charge in [-0.15, -0.1) is 0 Å². The van der Waals surface area contributed by atoms with Crippen LogP contribution in [0, 0.1) is 0 Å².